The molecule has 0 spiro atoms. The standard InChI is InChI=1S/C13H10ClF2N3O2/c14-11-8(5-7(17)6-18-11)12(20)19-9-3-1-2-4-10(9)21-13(15)16/h1-6,13H,17H2,(H,19,20). The number of nitrogens with one attached hydrogen (secondary N) is 1. The van der Waals surface area contributed by atoms with E-state index in [0.717, 1.165) is 0 Å². The van der Waals surface area contributed by atoms with Crippen molar-refractivity contribution in [2.45, 2.75) is 6.61 Å². The van der Waals surface area contributed by atoms with Crippen LogP contribution in [-0.2, 0) is 0 Å². The predicted molar refractivity (Wildman–Crippen MR) is 74.7 cm³/mol. The van der Waals surface area contributed by atoms with Gasteiger partial charge in [-0.25, -0.2) is 4.98 Å². The summed E-state index contributed by atoms with van der Waals surface area (Å²) in [7, 11) is 0. The molecule has 0 saturated carbocycles. The van der Waals surface area contributed by atoms with Crippen molar-refractivity contribution in [3.05, 3.63) is 47.2 Å². The molecule has 0 aliphatic heterocycles. The normalized spacial score (nSPS) is 10.5. The average Bonchev–Trinajstić information content (AvgIpc) is 2.43. The number of alkyl halides is 2. The first kappa shape index (κ1) is 15.0. The highest BCUT2D eigenvalue weighted by atomic mass is 35.5. The van der Waals surface area contributed by atoms with E-state index in [1.807, 2.05) is 0 Å². The Hall–Kier alpha value is -2.41. The number of benzene rings is 1. The van der Waals surface area contributed by atoms with Gasteiger partial charge in [0, 0.05) is 0 Å². The molecular formula is C13H10ClF2N3O2. The van der Waals surface area contributed by atoms with Crippen molar-refractivity contribution in [1.82, 2.24) is 4.98 Å². The molecule has 5 nitrogen and oxygen atoms in total. The molecule has 0 radical (unpaired) electrons. The fourth-order valence-corrected chi connectivity index (χ4v) is 1.77. The first-order chi connectivity index (χ1) is 9.97. The largest absolute Gasteiger partial charge is 0.433 e. The number of aromatic nitrogens is 1. The topological polar surface area (TPSA) is 77.2 Å². The molecule has 1 aromatic carbocycles. The zero-order valence-corrected chi connectivity index (χ0v) is 11.3. The van der Waals surface area contributed by atoms with Gasteiger partial charge in [0.2, 0.25) is 0 Å². The lowest BCUT2D eigenvalue weighted by Crippen LogP contribution is -2.15. The summed E-state index contributed by atoms with van der Waals surface area (Å²) < 4.78 is 28.9. The van der Waals surface area contributed by atoms with Gasteiger partial charge in [-0.2, -0.15) is 8.78 Å². The molecule has 0 fully saturated rings. The summed E-state index contributed by atoms with van der Waals surface area (Å²) in [4.78, 5) is 15.8. The maximum atomic E-state index is 12.3. The maximum absolute atomic E-state index is 12.3. The van der Waals surface area contributed by atoms with Gasteiger partial charge in [0.15, 0.2) is 0 Å². The smallest absolute Gasteiger partial charge is 0.387 e. The zero-order chi connectivity index (χ0) is 15.4. The van der Waals surface area contributed by atoms with Gasteiger partial charge >= 0.3 is 6.61 Å². The van der Waals surface area contributed by atoms with E-state index >= 15 is 0 Å². The molecule has 0 bridgehead atoms. The van der Waals surface area contributed by atoms with Gasteiger partial charge in [-0.1, -0.05) is 23.7 Å². The van der Waals surface area contributed by atoms with Gasteiger partial charge in [-0.15, -0.1) is 0 Å². The van der Waals surface area contributed by atoms with Gasteiger partial charge in [0.1, 0.15) is 10.9 Å². The third-order valence-corrected chi connectivity index (χ3v) is 2.76. The van der Waals surface area contributed by atoms with Gasteiger partial charge < -0.3 is 15.8 Å². The SMILES string of the molecule is Nc1cnc(Cl)c(C(=O)Nc2ccccc2OC(F)F)c1. The van der Waals surface area contributed by atoms with E-state index < -0.39 is 12.5 Å². The summed E-state index contributed by atoms with van der Waals surface area (Å²) in [5.74, 6) is -0.793. The number of nitrogen functional groups attached to an aromatic ring is 1. The second-order valence-corrected chi connectivity index (χ2v) is 4.29. The van der Waals surface area contributed by atoms with Crippen molar-refractivity contribution in [3.63, 3.8) is 0 Å². The van der Waals surface area contributed by atoms with Crippen molar-refractivity contribution >= 4 is 28.9 Å². The van der Waals surface area contributed by atoms with E-state index in [4.69, 9.17) is 17.3 Å². The summed E-state index contributed by atoms with van der Waals surface area (Å²) in [6.07, 6.45) is 1.30. The molecule has 0 aliphatic carbocycles. The summed E-state index contributed by atoms with van der Waals surface area (Å²) in [5, 5.41) is 2.38. The summed E-state index contributed by atoms with van der Waals surface area (Å²) in [6, 6.07) is 7.13. The molecule has 2 aromatic rings. The van der Waals surface area contributed by atoms with Crippen molar-refractivity contribution in [1.29, 1.82) is 0 Å². The minimum absolute atomic E-state index is 0.0310. The van der Waals surface area contributed by atoms with Gasteiger partial charge in [-0.3, -0.25) is 4.79 Å². The molecule has 0 atom stereocenters. The molecule has 0 unspecified atom stereocenters. The Kier molecular flexibility index (Phi) is 4.54. The molecule has 0 aliphatic rings. The Labute approximate surface area is 123 Å². The Morgan fingerprint density at radius 1 is 1.38 bits per heavy atom. The van der Waals surface area contributed by atoms with Crippen molar-refractivity contribution in [3.8, 4) is 5.75 Å². The third kappa shape index (κ3) is 3.79. The minimum atomic E-state index is -3.00. The molecule has 1 aromatic heterocycles. The number of halogens is 3. The number of ether oxygens (including phenoxy) is 1. The lowest BCUT2D eigenvalue weighted by atomic mass is 10.2. The maximum Gasteiger partial charge on any atom is 0.387 e. The fraction of sp³-hybridized carbons (Fsp3) is 0.0769. The number of rotatable bonds is 4. The number of carbonyl (C=O) groups is 1. The Morgan fingerprint density at radius 3 is 2.81 bits per heavy atom. The van der Waals surface area contributed by atoms with Crippen LogP contribution in [0.5, 0.6) is 5.75 Å². The van der Waals surface area contributed by atoms with Crippen LogP contribution in [0.15, 0.2) is 36.5 Å². The number of nitrogens with two attached hydrogens (primary N) is 1. The molecular weight excluding hydrogens is 304 g/mol. The van der Waals surface area contributed by atoms with Gasteiger partial charge in [0.25, 0.3) is 5.91 Å². The number of hydrogen-bond acceptors (Lipinski definition) is 4. The number of nitrogens with zero attached hydrogens (tertiary/aromatic N) is 1. The van der Waals surface area contributed by atoms with Crippen LogP contribution in [0.25, 0.3) is 0 Å². The molecule has 0 saturated heterocycles. The number of carbonyl (C=O) groups excluding carboxylic acids is 1. The highest BCUT2D eigenvalue weighted by Crippen LogP contribution is 2.27. The number of pyridine rings is 1. The van der Waals surface area contributed by atoms with Gasteiger partial charge in [0.05, 0.1) is 23.1 Å². The van der Waals surface area contributed by atoms with Crippen LogP contribution >= 0.6 is 11.6 Å². The van der Waals surface area contributed by atoms with Gasteiger partial charge in [-0.05, 0) is 18.2 Å². The Morgan fingerprint density at radius 2 is 2.10 bits per heavy atom. The van der Waals surface area contributed by atoms with Crippen molar-refractivity contribution in [2.24, 2.45) is 0 Å². The zero-order valence-electron chi connectivity index (χ0n) is 10.5. The quantitative estimate of drug-likeness (QED) is 0.850. The van der Waals surface area contributed by atoms with Crippen LogP contribution < -0.4 is 15.8 Å². The summed E-state index contributed by atoms with van der Waals surface area (Å²) in [5.41, 5.74) is 5.90. The third-order valence-electron chi connectivity index (χ3n) is 2.46. The van der Waals surface area contributed by atoms with Crippen LogP contribution in [0, 0.1) is 0 Å². The van der Waals surface area contributed by atoms with E-state index in [-0.39, 0.29) is 27.8 Å². The van der Waals surface area contributed by atoms with E-state index in [1.165, 1.54) is 30.5 Å². The number of amides is 1. The van der Waals surface area contributed by atoms with E-state index in [9.17, 15) is 13.6 Å². The molecule has 3 N–H and O–H groups in total. The van der Waals surface area contributed by atoms with Crippen LogP contribution in [-0.4, -0.2) is 17.5 Å². The molecule has 21 heavy (non-hydrogen) atoms. The highest BCUT2D eigenvalue weighted by molar-refractivity contribution is 6.33. The lowest BCUT2D eigenvalue weighted by molar-refractivity contribution is -0.0493. The average molecular weight is 314 g/mol. The second kappa shape index (κ2) is 6.36. The monoisotopic (exact) mass is 313 g/mol. The molecule has 1 amide bonds. The van der Waals surface area contributed by atoms with Crippen molar-refractivity contribution in [2.75, 3.05) is 11.1 Å². The number of anilines is 2. The molecule has 8 heteroatoms. The van der Waals surface area contributed by atoms with Crippen molar-refractivity contribution < 1.29 is 18.3 Å². The number of para-hydroxylation sites is 2. The predicted octanol–water partition coefficient (Wildman–Crippen LogP) is 3.17. The van der Waals surface area contributed by atoms with Crippen LogP contribution in [0.4, 0.5) is 20.2 Å². The van der Waals surface area contributed by atoms with E-state index in [2.05, 4.69) is 15.0 Å². The molecule has 110 valence electrons. The Bertz CT molecular complexity index is 668. The first-order valence-electron chi connectivity index (χ1n) is 5.73. The summed E-state index contributed by atoms with van der Waals surface area (Å²) in [6.45, 7) is -3.00. The van der Waals surface area contributed by atoms with Crippen LogP contribution in [0.2, 0.25) is 5.15 Å². The fourth-order valence-electron chi connectivity index (χ4n) is 1.58. The number of hydrogen-bond donors (Lipinski definition) is 2. The summed E-state index contributed by atoms with van der Waals surface area (Å²) >= 11 is 5.80. The lowest BCUT2D eigenvalue weighted by Gasteiger charge is -2.12. The minimum Gasteiger partial charge on any atom is -0.433 e. The van der Waals surface area contributed by atoms with Crippen LogP contribution in [0.1, 0.15) is 10.4 Å². The first-order valence-corrected chi connectivity index (χ1v) is 6.11. The molecule has 2 rings (SSSR count). The Balaban J connectivity index is 2.25. The molecule has 1 heterocycles. The van der Waals surface area contributed by atoms with Crippen LogP contribution in [0.3, 0.4) is 0 Å². The second-order valence-electron chi connectivity index (χ2n) is 3.94. The van der Waals surface area contributed by atoms with E-state index in [0.29, 0.717) is 0 Å². The highest BCUT2D eigenvalue weighted by Gasteiger charge is 2.15. The van der Waals surface area contributed by atoms with E-state index in [1.54, 1.807) is 6.07 Å².